The summed E-state index contributed by atoms with van der Waals surface area (Å²) in [4.78, 5) is 39.1. The van der Waals surface area contributed by atoms with Gasteiger partial charge in [-0.2, -0.15) is 0 Å². The van der Waals surface area contributed by atoms with E-state index in [9.17, 15) is 19.7 Å². The molecule has 0 aromatic heterocycles. The molecule has 4 rings (SSSR count). The smallest absolute Gasteiger partial charge is 0.309 e. The van der Waals surface area contributed by atoms with E-state index in [0.29, 0.717) is 0 Å². The summed E-state index contributed by atoms with van der Waals surface area (Å²) >= 11 is 0. The van der Waals surface area contributed by atoms with Crippen molar-refractivity contribution in [2.75, 3.05) is 28.4 Å². The van der Waals surface area contributed by atoms with E-state index in [1.807, 2.05) is 0 Å². The normalized spacial score (nSPS) is 31.9. The first-order valence-electron chi connectivity index (χ1n) is 12.3. The SMILES string of the molecule is C#C[C@]12C[C@H](OC(C)(C)O1)[C@H](C(C1CC(=O)c3cccc(OC)c3C1(OC)OC)[N+](=O)[O-])[C@@H](C(=O)OC)C2. The van der Waals surface area contributed by atoms with Crippen molar-refractivity contribution in [1.82, 2.24) is 0 Å². The number of hydrogen-bond acceptors (Lipinski definition) is 10. The minimum atomic E-state index is -1.74. The van der Waals surface area contributed by atoms with Crippen LogP contribution in [0.25, 0.3) is 0 Å². The third kappa shape index (κ3) is 4.25. The van der Waals surface area contributed by atoms with Crippen LogP contribution in [0.2, 0.25) is 0 Å². The molecule has 38 heavy (non-hydrogen) atoms. The van der Waals surface area contributed by atoms with Crippen LogP contribution in [0.3, 0.4) is 0 Å². The number of hydrogen-bond donors (Lipinski definition) is 0. The van der Waals surface area contributed by atoms with Crippen LogP contribution in [0.15, 0.2) is 18.2 Å². The molecule has 1 saturated carbocycles. The highest BCUT2D eigenvalue weighted by Crippen LogP contribution is 2.55. The lowest BCUT2D eigenvalue weighted by Crippen LogP contribution is -2.65. The Bertz CT molecular complexity index is 1170. The lowest BCUT2D eigenvalue weighted by molar-refractivity contribution is -0.562. The van der Waals surface area contributed by atoms with Crippen molar-refractivity contribution in [3.63, 3.8) is 0 Å². The van der Waals surface area contributed by atoms with Gasteiger partial charge in [-0.15, -0.1) is 6.42 Å². The second kappa shape index (κ2) is 9.93. The Hall–Kier alpha value is -3.04. The molecule has 3 aliphatic rings. The number of ether oxygens (including phenoxy) is 6. The van der Waals surface area contributed by atoms with E-state index in [1.54, 1.807) is 32.0 Å². The number of methoxy groups -OCH3 is 4. The van der Waals surface area contributed by atoms with Gasteiger partial charge in [0.1, 0.15) is 11.4 Å². The maximum atomic E-state index is 13.4. The summed E-state index contributed by atoms with van der Waals surface area (Å²) in [5.74, 6) is -4.24. The van der Waals surface area contributed by atoms with Crippen LogP contribution < -0.4 is 4.74 Å². The molecular weight excluding hydrogens is 498 g/mol. The first-order chi connectivity index (χ1) is 17.9. The molecule has 2 unspecified atom stereocenters. The number of carbonyl (C=O) groups excluding carboxylic acids is 2. The van der Waals surface area contributed by atoms with Crippen LogP contribution >= 0.6 is 0 Å². The molecule has 6 atom stereocenters. The van der Waals surface area contributed by atoms with E-state index in [2.05, 4.69) is 5.92 Å². The van der Waals surface area contributed by atoms with Gasteiger partial charge in [0, 0.05) is 44.0 Å². The lowest BCUT2D eigenvalue weighted by Gasteiger charge is -2.55. The first-order valence-corrected chi connectivity index (χ1v) is 12.3. The molecule has 1 heterocycles. The van der Waals surface area contributed by atoms with Gasteiger partial charge >= 0.3 is 5.97 Å². The number of nitro groups is 1. The standard InChI is InChI=1S/C27H33NO10/c1-8-26-13-16(24(30)34-5)21(20(14-26)37-25(2,3)38-26)23(28(31)32)17-12-18(29)15-10-9-11-19(33-4)22(15)27(17,35-6)36-7/h1,9-11,16-17,20-21,23H,12-14H2,2-7H3/t16-,17?,20-,21+,23?,26-/m0/s1. The van der Waals surface area contributed by atoms with E-state index < -0.39 is 58.0 Å². The third-order valence-electron chi connectivity index (χ3n) is 8.06. The zero-order valence-corrected chi connectivity index (χ0v) is 22.3. The van der Waals surface area contributed by atoms with Crippen molar-refractivity contribution >= 4 is 11.8 Å². The summed E-state index contributed by atoms with van der Waals surface area (Å²) in [7, 11) is 5.35. The molecule has 2 aliphatic carbocycles. The molecule has 1 aliphatic heterocycles. The number of fused-ring (bicyclic) bond motifs is 3. The van der Waals surface area contributed by atoms with Gasteiger partial charge in [-0.3, -0.25) is 19.7 Å². The minimum Gasteiger partial charge on any atom is -0.496 e. The molecule has 1 saturated heterocycles. The molecule has 11 nitrogen and oxygen atoms in total. The van der Waals surface area contributed by atoms with Gasteiger partial charge in [-0.05, 0) is 19.9 Å². The summed E-state index contributed by atoms with van der Waals surface area (Å²) in [5, 5.41) is 13.0. The highest BCUT2D eigenvalue weighted by Gasteiger charge is 2.66. The highest BCUT2D eigenvalue weighted by atomic mass is 16.7. The van der Waals surface area contributed by atoms with Crippen LogP contribution in [-0.4, -0.2) is 68.6 Å². The zero-order valence-electron chi connectivity index (χ0n) is 22.3. The minimum absolute atomic E-state index is 0.0119. The summed E-state index contributed by atoms with van der Waals surface area (Å²) in [6.45, 7) is 3.34. The maximum absolute atomic E-state index is 13.4. The first kappa shape index (κ1) is 28.0. The van der Waals surface area contributed by atoms with Crippen molar-refractivity contribution in [1.29, 1.82) is 0 Å². The quantitative estimate of drug-likeness (QED) is 0.170. The fourth-order valence-corrected chi connectivity index (χ4v) is 6.77. The van der Waals surface area contributed by atoms with Crippen LogP contribution in [0.4, 0.5) is 0 Å². The summed E-state index contributed by atoms with van der Waals surface area (Å²) in [5.41, 5.74) is -0.632. The van der Waals surface area contributed by atoms with Crippen LogP contribution in [-0.2, 0) is 34.3 Å². The molecule has 206 valence electrons. The Morgan fingerprint density at radius 1 is 1.21 bits per heavy atom. The number of esters is 1. The van der Waals surface area contributed by atoms with Gasteiger partial charge < -0.3 is 28.4 Å². The van der Waals surface area contributed by atoms with E-state index >= 15 is 0 Å². The largest absolute Gasteiger partial charge is 0.496 e. The molecule has 1 aromatic carbocycles. The molecule has 1 aromatic rings. The average Bonchev–Trinajstić information content (AvgIpc) is 2.88. The monoisotopic (exact) mass is 531 g/mol. The molecule has 11 heteroatoms. The Labute approximate surface area is 221 Å². The number of benzene rings is 1. The lowest BCUT2D eigenvalue weighted by atomic mass is 9.61. The van der Waals surface area contributed by atoms with Crippen molar-refractivity contribution in [3.05, 3.63) is 39.4 Å². The van der Waals surface area contributed by atoms with Gasteiger partial charge in [0.2, 0.25) is 11.8 Å². The van der Waals surface area contributed by atoms with Crippen LogP contribution in [0.1, 0.15) is 49.0 Å². The molecule has 2 fully saturated rings. The third-order valence-corrected chi connectivity index (χ3v) is 8.06. The molecule has 0 radical (unpaired) electrons. The van der Waals surface area contributed by atoms with Crippen molar-refractivity contribution < 1.29 is 42.9 Å². The van der Waals surface area contributed by atoms with Gasteiger partial charge in [0.05, 0.1) is 43.6 Å². The van der Waals surface area contributed by atoms with E-state index in [-0.39, 0.29) is 41.9 Å². The molecule has 0 spiro atoms. The Kier molecular flexibility index (Phi) is 7.31. The van der Waals surface area contributed by atoms with Crippen LogP contribution in [0, 0.1) is 40.2 Å². The van der Waals surface area contributed by atoms with Gasteiger partial charge in [-0.1, -0.05) is 18.1 Å². The Morgan fingerprint density at radius 2 is 1.89 bits per heavy atom. The average molecular weight is 532 g/mol. The molecule has 0 N–H and O–H groups in total. The maximum Gasteiger partial charge on any atom is 0.309 e. The van der Waals surface area contributed by atoms with E-state index in [4.69, 9.17) is 34.8 Å². The number of nitrogens with zero attached hydrogens (tertiary/aromatic N) is 1. The van der Waals surface area contributed by atoms with Crippen LogP contribution in [0.5, 0.6) is 5.75 Å². The fraction of sp³-hybridized carbons (Fsp3) is 0.630. The van der Waals surface area contributed by atoms with Gasteiger partial charge in [0.25, 0.3) is 0 Å². The number of terminal acetylenes is 1. The summed E-state index contributed by atoms with van der Waals surface area (Å²) in [6.07, 6.45) is 4.85. The number of rotatable bonds is 7. The zero-order chi connectivity index (χ0) is 28.0. The predicted octanol–water partition coefficient (Wildman–Crippen LogP) is 2.71. The summed E-state index contributed by atoms with van der Waals surface area (Å²) < 4.78 is 34.7. The molecular formula is C27H33NO10. The number of ketones is 1. The second-order valence-electron chi connectivity index (χ2n) is 10.4. The molecule has 0 amide bonds. The number of Topliss-reactive ketones (excluding diaryl/α,β-unsaturated/α-hetero) is 1. The second-order valence-corrected chi connectivity index (χ2v) is 10.4. The van der Waals surface area contributed by atoms with E-state index in [0.717, 1.165) is 0 Å². The topological polar surface area (TPSA) is 133 Å². The highest BCUT2D eigenvalue weighted by molar-refractivity contribution is 6.00. The fourth-order valence-electron chi connectivity index (χ4n) is 6.77. The van der Waals surface area contributed by atoms with Crippen molar-refractivity contribution in [2.24, 2.45) is 17.8 Å². The number of carbonyl (C=O) groups is 2. The summed E-state index contributed by atoms with van der Waals surface area (Å²) in [6, 6.07) is 3.36. The van der Waals surface area contributed by atoms with Crippen molar-refractivity contribution in [2.45, 2.75) is 62.4 Å². The van der Waals surface area contributed by atoms with Gasteiger partial charge in [0.15, 0.2) is 11.6 Å². The van der Waals surface area contributed by atoms with E-state index in [1.165, 1.54) is 28.4 Å². The molecule has 2 bridgehead atoms. The Balaban J connectivity index is 1.93. The predicted molar refractivity (Wildman–Crippen MR) is 132 cm³/mol. The van der Waals surface area contributed by atoms with Gasteiger partial charge in [-0.25, -0.2) is 0 Å². The van der Waals surface area contributed by atoms with Crippen molar-refractivity contribution in [3.8, 4) is 18.1 Å². The Morgan fingerprint density at radius 3 is 2.45 bits per heavy atom.